The average Bonchev–Trinajstić information content (AvgIpc) is 2.63. The molecule has 0 unspecified atom stereocenters. The van der Waals surface area contributed by atoms with Crippen molar-refractivity contribution in [1.29, 1.82) is 0 Å². The van der Waals surface area contributed by atoms with Crippen molar-refractivity contribution in [3.05, 3.63) is 76.6 Å². The molecule has 0 atom stereocenters. The molecule has 3 rings (SSSR count). The summed E-state index contributed by atoms with van der Waals surface area (Å²) in [6.45, 7) is 2.80. The van der Waals surface area contributed by atoms with E-state index < -0.39 is 0 Å². The highest BCUT2D eigenvalue weighted by atomic mass is 35.5. The van der Waals surface area contributed by atoms with E-state index >= 15 is 0 Å². The Balaban J connectivity index is 0.00000243. The molecule has 0 saturated carbocycles. The fourth-order valence-corrected chi connectivity index (χ4v) is 3.21. The first-order valence-electron chi connectivity index (χ1n) is 8.58. The van der Waals surface area contributed by atoms with Gasteiger partial charge in [-0.3, -0.25) is 9.69 Å². The molecule has 0 bridgehead atoms. The van der Waals surface area contributed by atoms with Crippen molar-refractivity contribution in [3.63, 3.8) is 0 Å². The average molecular weight is 394 g/mol. The molecule has 138 valence electrons. The first-order chi connectivity index (χ1) is 12.1. The lowest BCUT2D eigenvalue weighted by Crippen LogP contribution is -2.29. The molecule has 0 aliphatic carbocycles. The minimum atomic E-state index is -0.312. The molecule has 26 heavy (non-hydrogen) atoms. The van der Waals surface area contributed by atoms with E-state index in [1.165, 1.54) is 23.3 Å². The molecule has 1 heterocycles. The third kappa shape index (κ3) is 5.66. The third-order valence-electron chi connectivity index (χ3n) is 4.55. The minimum absolute atomic E-state index is 0. The summed E-state index contributed by atoms with van der Waals surface area (Å²) in [5.74, 6) is -0.234. The van der Waals surface area contributed by atoms with Crippen LogP contribution in [0, 0.1) is 5.82 Å². The Kier molecular flexibility index (Phi) is 7.83. The Hall–Kier alpha value is -1.68. The normalized spacial score (nSPS) is 14.5. The molecule has 2 nitrogen and oxygen atoms in total. The zero-order valence-corrected chi connectivity index (χ0v) is 16.0. The van der Waals surface area contributed by atoms with Crippen LogP contribution in [-0.4, -0.2) is 30.3 Å². The topological polar surface area (TPSA) is 20.3 Å². The molecular formula is C21H22Cl2FNO. The molecule has 2 aromatic carbocycles. The van der Waals surface area contributed by atoms with Gasteiger partial charge in [-0.25, -0.2) is 4.39 Å². The van der Waals surface area contributed by atoms with Crippen molar-refractivity contribution in [2.75, 3.05) is 19.6 Å². The highest BCUT2D eigenvalue weighted by Gasteiger charge is 2.13. The number of benzene rings is 2. The molecule has 0 spiro atoms. The smallest absolute Gasteiger partial charge is 0.162 e. The number of carbonyl (C=O) groups is 1. The summed E-state index contributed by atoms with van der Waals surface area (Å²) >= 11 is 5.93. The van der Waals surface area contributed by atoms with E-state index in [1.54, 1.807) is 12.1 Å². The van der Waals surface area contributed by atoms with Crippen molar-refractivity contribution in [1.82, 2.24) is 4.90 Å². The molecule has 0 saturated heterocycles. The summed E-state index contributed by atoms with van der Waals surface area (Å²) in [7, 11) is 0. The fourth-order valence-electron chi connectivity index (χ4n) is 3.08. The first-order valence-corrected chi connectivity index (χ1v) is 8.96. The number of hydrogen-bond acceptors (Lipinski definition) is 2. The quantitative estimate of drug-likeness (QED) is 0.590. The van der Waals surface area contributed by atoms with Crippen LogP contribution in [0.5, 0.6) is 0 Å². The van der Waals surface area contributed by atoms with Crippen LogP contribution in [0.1, 0.15) is 35.2 Å². The van der Waals surface area contributed by atoms with Crippen molar-refractivity contribution >= 4 is 35.4 Å². The summed E-state index contributed by atoms with van der Waals surface area (Å²) < 4.78 is 12.9. The number of Topliss-reactive ketones (excluding diaryl/α,β-unsaturated/α-hetero) is 1. The van der Waals surface area contributed by atoms with E-state index in [4.69, 9.17) is 11.6 Å². The van der Waals surface area contributed by atoms with Gasteiger partial charge in [-0.05, 0) is 66.9 Å². The van der Waals surface area contributed by atoms with Gasteiger partial charge < -0.3 is 0 Å². The highest BCUT2D eigenvalue weighted by Crippen LogP contribution is 2.24. The van der Waals surface area contributed by atoms with Crippen molar-refractivity contribution in [2.45, 2.75) is 19.3 Å². The second kappa shape index (κ2) is 9.86. The van der Waals surface area contributed by atoms with Crippen LogP contribution in [0.15, 0.2) is 54.6 Å². The third-order valence-corrected chi connectivity index (χ3v) is 4.80. The van der Waals surface area contributed by atoms with Crippen LogP contribution >= 0.6 is 24.0 Å². The van der Waals surface area contributed by atoms with Crippen molar-refractivity contribution in [2.24, 2.45) is 0 Å². The predicted molar refractivity (Wildman–Crippen MR) is 108 cm³/mol. The molecule has 0 N–H and O–H groups in total. The molecule has 1 aliphatic heterocycles. The van der Waals surface area contributed by atoms with Gasteiger partial charge in [-0.15, -0.1) is 12.4 Å². The van der Waals surface area contributed by atoms with Gasteiger partial charge in [0.15, 0.2) is 5.78 Å². The van der Waals surface area contributed by atoms with E-state index in [0.29, 0.717) is 12.0 Å². The Morgan fingerprint density at radius 1 is 1.08 bits per heavy atom. The van der Waals surface area contributed by atoms with Crippen LogP contribution in [0.3, 0.4) is 0 Å². The van der Waals surface area contributed by atoms with Gasteiger partial charge in [0.05, 0.1) is 0 Å². The second-order valence-corrected chi connectivity index (χ2v) is 6.76. The molecule has 5 heteroatoms. The SMILES string of the molecule is Cl.O=C(CCCN1CC=C(c2ccc(Cl)cc2)CC1)c1ccc(F)cc1. The summed E-state index contributed by atoms with van der Waals surface area (Å²) in [4.78, 5) is 14.5. The van der Waals surface area contributed by atoms with E-state index in [-0.39, 0.29) is 24.0 Å². The van der Waals surface area contributed by atoms with Gasteiger partial charge in [-0.1, -0.05) is 29.8 Å². The first kappa shape index (κ1) is 20.6. The lowest BCUT2D eigenvalue weighted by molar-refractivity contribution is 0.0975. The number of rotatable bonds is 6. The number of ketones is 1. The zero-order valence-electron chi connectivity index (χ0n) is 14.5. The molecule has 0 amide bonds. The summed E-state index contributed by atoms with van der Waals surface area (Å²) in [5, 5.41) is 0.757. The van der Waals surface area contributed by atoms with E-state index in [1.807, 2.05) is 12.1 Å². The summed E-state index contributed by atoms with van der Waals surface area (Å²) in [6, 6.07) is 13.7. The molecule has 0 radical (unpaired) electrons. The summed E-state index contributed by atoms with van der Waals surface area (Å²) in [6.07, 6.45) is 4.58. The van der Waals surface area contributed by atoms with E-state index in [9.17, 15) is 9.18 Å². The largest absolute Gasteiger partial charge is 0.299 e. The Labute approximate surface area is 165 Å². The van der Waals surface area contributed by atoms with Gasteiger partial charge in [0.25, 0.3) is 0 Å². The second-order valence-electron chi connectivity index (χ2n) is 6.32. The molecule has 0 aromatic heterocycles. The Morgan fingerprint density at radius 2 is 1.77 bits per heavy atom. The fraction of sp³-hybridized carbons (Fsp3) is 0.286. The van der Waals surface area contributed by atoms with Gasteiger partial charge in [0, 0.05) is 30.1 Å². The Bertz CT molecular complexity index is 757. The molecule has 1 aliphatic rings. The van der Waals surface area contributed by atoms with Crippen LogP contribution in [0.25, 0.3) is 5.57 Å². The monoisotopic (exact) mass is 393 g/mol. The van der Waals surface area contributed by atoms with Crippen LogP contribution < -0.4 is 0 Å². The van der Waals surface area contributed by atoms with Crippen LogP contribution in [0.4, 0.5) is 4.39 Å². The molecule has 0 fully saturated rings. The number of carbonyl (C=O) groups excluding carboxylic acids is 1. The van der Waals surface area contributed by atoms with E-state index in [2.05, 4.69) is 23.1 Å². The van der Waals surface area contributed by atoms with Crippen LogP contribution in [-0.2, 0) is 0 Å². The number of nitrogens with zero attached hydrogens (tertiary/aromatic N) is 1. The van der Waals surface area contributed by atoms with Gasteiger partial charge in [0.2, 0.25) is 0 Å². The number of halogens is 3. The van der Waals surface area contributed by atoms with Crippen molar-refractivity contribution in [3.8, 4) is 0 Å². The zero-order chi connectivity index (χ0) is 17.6. The molecule has 2 aromatic rings. The maximum absolute atomic E-state index is 12.9. The lowest BCUT2D eigenvalue weighted by Gasteiger charge is -2.26. The maximum Gasteiger partial charge on any atom is 0.162 e. The van der Waals surface area contributed by atoms with Crippen LogP contribution in [0.2, 0.25) is 5.02 Å². The predicted octanol–water partition coefficient (Wildman–Crippen LogP) is 5.65. The molecular weight excluding hydrogens is 372 g/mol. The van der Waals surface area contributed by atoms with Gasteiger partial charge in [-0.2, -0.15) is 0 Å². The van der Waals surface area contributed by atoms with E-state index in [0.717, 1.165) is 37.5 Å². The standard InChI is InChI=1S/C21H21ClFNO.ClH/c22-19-7-3-16(4-8-19)17-11-14-24(15-12-17)13-1-2-21(25)18-5-9-20(23)10-6-18;/h3-11H,1-2,12-15H2;1H. The highest BCUT2D eigenvalue weighted by molar-refractivity contribution is 6.30. The van der Waals surface area contributed by atoms with Gasteiger partial charge >= 0.3 is 0 Å². The Morgan fingerprint density at radius 3 is 2.38 bits per heavy atom. The maximum atomic E-state index is 12.9. The minimum Gasteiger partial charge on any atom is -0.299 e. The van der Waals surface area contributed by atoms with Gasteiger partial charge in [0.1, 0.15) is 5.82 Å². The van der Waals surface area contributed by atoms with Crippen molar-refractivity contribution < 1.29 is 9.18 Å². The number of hydrogen-bond donors (Lipinski definition) is 0. The summed E-state index contributed by atoms with van der Waals surface area (Å²) in [5.41, 5.74) is 3.18. The lowest BCUT2D eigenvalue weighted by atomic mass is 9.99.